The van der Waals surface area contributed by atoms with Crippen LogP contribution in [0.3, 0.4) is 0 Å². The number of carbonyl (C=O) groups is 1. The van der Waals surface area contributed by atoms with E-state index in [0.29, 0.717) is 0 Å². The van der Waals surface area contributed by atoms with E-state index in [2.05, 4.69) is 5.32 Å². The van der Waals surface area contributed by atoms with Gasteiger partial charge in [0, 0.05) is 6.42 Å². The molecule has 24 rings (SSSR count). The minimum atomic E-state index is -2.45. The van der Waals surface area contributed by atoms with Gasteiger partial charge in [0.1, 0.15) is 220 Å². The monoisotopic (exact) mass is 1620 g/mol. The molecular weight excluding hydrogens is 1520 g/mol. The molecule has 49 atom stereocenters. The van der Waals surface area contributed by atoms with Gasteiger partial charge in [-0.05, 0) is 0 Å². The van der Waals surface area contributed by atoms with Gasteiger partial charge in [-0.3, -0.25) is 4.79 Å². The van der Waals surface area contributed by atoms with E-state index in [1.165, 1.54) is 0 Å². The van der Waals surface area contributed by atoms with Crippen molar-refractivity contribution in [2.45, 2.75) is 307 Å². The van der Waals surface area contributed by atoms with E-state index in [4.69, 9.17) is 90.0 Å². The fourth-order valence-electron chi connectivity index (χ4n) is 14.8. The van der Waals surface area contributed by atoms with Crippen LogP contribution >= 0.6 is 0 Å². The van der Waals surface area contributed by atoms with Crippen LogP contribution in [0, 0.1) is 0 Å². The normalized spacial score (nSPS) is 54.3. The Labute approximate surface area is 619 Å². The van der Waals surface area contributed by atoms with Crippen molar-refractivity contribution in [2.24, 2.45) is 0 Å². The van der Waals surface area contributed by atoms with Crippen LogP contribution in [0.4, 0.5) is 0 Å². The van der Waals surface area contributed by atoms with Gasteiger partial charge in [-0.1, -0.05) is 0 Å². The summed E-state index contributed by atoms with van der Waals surface area (Å²) in [5.74, 6) is -1.36. The molecule has 24 aliphatic heterocycles. The van der Waals surface area contributed by atoms with Crippen LogP contribution in [0.15, 0.2) is 0 Å². The lowest BCUT2D eigenvalue weighted by Gasteiger charge is -2.50. The number of aliphatic hydroxyl groups excluding tert-OH is 29. The zero-order valence-corrected chi connectivity index (χ0v) is 57.5. The number of carbonyl (C=O) groups excluding carboxylic acids is 1. The smallest absolute Gasteiger partial charge is 0.252 e. The Morgan fingerprint density at radius 2 is 0.564 bits per heavy atom. The van der Waals surface area contributed by atoms with Gasteiger partial charge in [0.15, 0.2) is 69.0 Å². The van der Waals surface area contributed by atoms with Crippen LogP contribution in [0.25, 0.3) is 0 Å². The minimum absolute atomic E-state index is 0.687. The molecule has 1 amide bonds. The SMILES string of the molecule is O=C(N[C@H]1[C@H](O)[C@@H](O)[C@@H](O)O[C@@H]1CO)[C@H]1O[C@H](O[C@H]2C[C@@H](O)[C@@H](OC[C@@H]3O[C@@H]4O[C@H]5[C@@H](O)[C@H](O)C(O[C@H]6[C@@H](O)[C@H](O)[C@@H](O[C@H]7[C@H](O)[C@@H](O)[C@@H](O[C@H]8[C@H](O)[C@@H](O)[C@@H](O[C@H]9[C@H](O)[C@@H](O)[C@@H](O[C@H]%10[C@H](O)[C@@H](O)[C@@H](O[C@H]3[C@H](O)[C@H]4O)O[C@H]%10CO)O[C@H]9CO)O[C@H]8CO)O[C@@H]7CO)O[C@@H]6CO)O[C@@H]5CO)O[C@@H]2CO)[C@H](O)[C@@H](O)[C@@H]1O. The first-order valence-electron chi connectivity index (χ1n) is 35.2. The summed E-state index contributed by atoms with van der Waals surface area (Å²) in [5, 5.41) is 324. The molecule has 0 aliphatic carbocycles. The molecule has 14 bridgehead atoms. The Kier molecular flexibility index (Phi) is 30.2. The predicted octanol–water partition coefficient (Wildman–Crippen LogP) is -21.6. The minimum Gasteiger partial charge on any atom is -0.394 e. The molecule has 0 saturated carbocycles. The van der Waals surface area contributed by atoms with Crippen molar-refractivity contribution in [2.75, 3.05) is 59.5 Å². The molecule has 24 saturated heterocycles. The second-order valence-electron chi connectivity index (χ2n) is 28.2. The molecule has 0 radical (unpaired) electrons. The standard InChI is InChI=1S/C60H99NO49/c62-2-13-12(94-53-34(82)24(72)25(73)49(110-53)50(90)61-22-14(3-63)93-51(91)33(81)23(22)71)1-11(70)52(95-13)92-10-21-48-32(80)41(89)60(102-21)108-47-20(9-69)100-58(39(87)30(47)78)106-45-18(7-67)98-56(37(85)28(45)76)104-43-16(5-65)96-54(35(83)26(43)74)103-42-15(4-64)97-55(36(84)27(42)75)105-44-17(6-66)99-57(38(86)29(44)77)107-46-19(8-68)101-59(109-48)40(88)31(46)79/h11-49,51-60,62-89,91H,1-10H2,(H,61,90)/t11-,12+,13-,14-,15+,16-,17+,18-,19+,20-,21+,22-,23+,24+,25+,26-,27-,28+,29-,30+,31-,32-,33-,34-,35-,36-,37+,38-,39+,40-,41-,42-,43-,44-,45-,46-,47-,48-,49+,51+,52+,53+,54-,55-,56-,57-,58?,59-,60-/m1/s1. The molecule has 24 fully saturated rings. The molecule has 638 valence electrons. The Bertz CT molecular complexity index is 2840. The van der Waals surface area contributed by atoms with E-state index in [0.717, 1.165) is 0 Å². The maximum atomic E-state index is 13.6. The summed E-state index contributed by atoms with van der Waals surface area (Å²) < 4.78 is 109. The highest BCUT2D eigenvalue weighted by Crippen LogP contribution is 2.41. The molecule has 50 nitrogen and oxygen atoms in total. The van der Waals surface area contributed by atoms with Gasteiger partial charge >= 0.3 is 0 Å². The van der Waals surface area contributed by atoms with Gasteiger partial charge in [-0.25, -0.2) is 0 Å². The topological polar surface area (TPSA) is 791 Å². The van der Waals surface area contributed by atoms with Crippen LogP contribution in [0.2, 0.25) is 0 Å². The van der Waals surface area contributed by atoms with Crippen LogP contribution < -0.4 is 5.32 Å². The summed E-state index contributed by atoms with van der Waals surface area (Å²) in [6.07, 6.45) is -102. The van der Waals surface area contributed by atoms with Crippen molar-refractivity contribution in [1.29, 1.82) is 0 Å². The van der Waals surface area contributed by atoms with Crippen molar-refractivity contribution in [3.05, 3.63) is 0 Å². The zero-order chi connectivity index (χ0) is 80.1. The van der Waals surface area contributed by atoms with E-state index in [9.17, 15) is 153 Å². The number of hydrogen-bond acceptors (Lipinski definition) is 49. The van der Waals surface area contributed by atoms with E-state index in [1.807, 2.05) is 0 Å². The lowest BCUT2D eigenvalue weighted by Crippen LogP contribution is -2.68. The van der Waals surface area contributed by atoms with E-state index in [-0.39, 0.29) is 0 Å². The summed E-state index contributed by atoms with van der Waals surface area (Å²) in [5.41, 5.74) is 0. The van der Waals surface area contributed by atoms with Crippen molar-refractivity contribution < 1.29 is 243 Å². The third-order valence-corrected chi connectivity index (χ3v) is 21.1. The summed E-state index contributed by atoms with van der Waals surface area (Å²) in [7, 11) is 0. The summed E-state index contributed by atoms with van der Waals surface area (Å²) in [6.45, 7) is -9.93. The van der Waals surface area contributed by atoms with E-state index >= 15 is 0 Å². The molecule has 0 spiro atoms. The quantitative estimate of drug-likeness (QED) is 0.0724. The maximum Gasteiger partial charge on any atom is 0.252 e. The van der Waals surface area contributed by atoms with Crippen molar-refractivity contribution in [3.8, 4) is 0 Å². The predicted molar refractivity (Wildman–Crippen MR) is 327 cm³/mol. The van der Waals surface area contributed by atoms with Gasteiger partial charge in [0.05, 0.1) is 71.6 Å². The zero-order valence-electron chi connectivity index (χ0n) is 57.5. The first kappa shape index (κ1) is 88.4. The first-order valence-corrected chi connectivity index (χ1v) is 35.2. The summed E-state index contributed by atoms with van der Waals surface area (Å²) in [6, 6.07) is -1.69. The third kappa shape index (κ3) is 17.8. The second-order valence-corrected chi connectivity index (χ2v) is 28.2. The highest BCUT2D eigenvalue weighted by atomic mass is 16.8. The molecule has 30 N–H and O–H groups in total. The Balaban J connectivity index is 0.849. The number of ether oxygens (including phenoxy) is 19. The second kappa shape index (κ2) is 37.7. The Hall–Kier alpha value is -2.45. The van der Waals surface area contributed by atoms with Crippen LogP contribution in [0.1, 0.15) is 6.42 Å². The molecule has 1 unspecified atom stereocenters. The fourth-order valence-corrected chi connectivity index (χ4v) is 14.8. The Morgan fingerprint density at radius 1 is 0.273 bits per heavy atom. The van der Waals surface area contributed by atoms with Gasteiger partial charge in [0.25, 0.3) is 5.91 Å². The lowest BCUT2D eigenvalue weighted by molar-refractivity contribution is -0.399. The van der Waals surface area contributed by atoms with Crippen LogP contribution in [-0.2, 0) is 94.8 Å². The average Bonchev–Trinajstić information content (AvgIpc) is 0.773. The molecule has 50 heteroatoms. The lowest BCUT2D eigenvalue weighted by atomic mass is 9.94. The largest absolute Gasteiger partial charge is 0.394 e. The first-order chi connectivity index (χ1) is 52.3. The highest BCUT2D eigenvalue weighted by Gasteiger charge is 2.61. The highest BCUT2D eigenvalue weighted by molar-refractivity contribution is 5.82. The van der Waals surface area contributed by atoms with Gasteiger partial charge in [-0.2, -0.15) is 0 Å². The molecular formula is C60H99NO49. The number of hydrogen-bond donors (Lipinski definition) is 30. The van der Waals surface area contributed by atoms with Crippen LogP contribution in [-0.4, -0.2) is 514 Å². The summed E-state index contributed by atoms with van der Waals surface area (Å²) in [4.78, 5) is 13.6. The number of aliphatic hydroxyl groups is 29. The molecule has 24 heterocycles. The van der Waals surface area contributed by atoms with Gasteiger partial charge in [-0.15, -0.1) is 0 Å². The van der Waals surface area contributed by atoms with Crippen molar-refractivity contribution in [3.63, 3.8) is 0 Å². The number of rotatable bonds is 15. The fraction of sp³-hybridized carbons (Fsp3) is 0.983. The third-order valence-electron chi connectivity index (χ3n) is 21.1. The Morgan fingerprint density at radius 3 is 0.864 bits per heavy atom. The molecule has 24 aliphatic rings. The molecule has 0 aromatic carbocycles. The maximum absolute atomic E-state index is 13.6. The van der Waals surface area contributed by atoms with E-state index in [1.54, 1.807) is 0 Å². The van der Waals surface area contributed by atoms with Crippen molar-refractivity contribution >= 4 is 5.91 Å². The molecule has 0 aromatic rings. The molecule has 110 heavy (non-hydrogen) atoms. The van der Waals surface area contributed by atoms with Crippen molar-refractivity contribution in [1.82, 2.24) is 5.32 Å². The van der Waals surface area contributed by atoms with Gasteiger partial charge in [0.2, 0.25) is 0 Å². The van der Waals surface area contributed by atoms with E-state index < -0.39 is 373 Å². The average molecular weight is 1620 g/mol. The molecule has 0 aromatic heterocycles. The van der Waals surface area contributed by atoms with Gasteiger partial charge < -0.3 is 243 Å². The number of amides is 1. The number of nitrogens with one attached hydrogen (secondary N) is 1. The summed E-state index contributed by atoms with van der Waals surface area (Å²) >= 11 is 0. The van der Waals surface area contributed by atoms with Crippen LogP contribution in [0.5, 0.6) is 0 Å².